The maximum Gasteiger partial charge on any atom is 0.342 e. The van der Waals surface area contributed by atoms with Crippen LogP contribution in [0.1, 0.15) is 53.4 Å². The fourth-order valence-electron chi connectivity index (χ4n) is 9.48. The van der Waals surface area contributed by atoms with Gasteiger partial charge in [0.05, 0.1) is 29.3 Å². The van der Waals surface area contributed by atoms with Gasteiger partial charge in [0.2, 0.25) is 5.79 Å². The highest BCUT2D eigenvalue weighted by Gasteiger charge is 2.92. The summed E-state index contributed by atoms with van der Waals surface area (Å²) < 4.78 is 18.0. The zero-order chi connectivity index (χ0) is 27.4. The van der Waals surface area contributed by atoms with E-state index >= 15 is 0 Å². The van der Waals surface area contributed by atoms with Crippen LogP contribution in [0.15, 0.2) is 23.8 Å². The summed E-state index contributed by atoms with van der Waals surface area (Å²) in [7, 11) is 0. The van der Waals surface area contributed by atoms with Crippen molar-refractivity contribution in [2.24, 2.45) is 34.5 Å². The third kappa shape index (κ3) is 2.19. The molecular weight excluding hydrogens is 496 g/mol. The summed E-state index contributed by atoms with van der Waals surface area (Å²) in [6, 6.07) is 0. The first kappa shape index (κ1) is 24.6. The minimum absolute atomic E-state index is 0.0287. The van der Waals surface area contributed by atoms with E-state index in [0.29, 0.717) is 5.57 Å². The first-order chi connectivity index (χ1) is 17.6. The van der Waals surface area contributed by atoms with Gasteiger partial charge in [-0.1, -0.05) is 32.1 Å². The van der Waals surface area contributed by atoms with Gasteiger partial charge in [-0.15, -0.1) is 0 Å². The fraction of sp³-hybridized carbons (Fsp3) is 0.714. The molecule has 4 heterocycles. The van der Waals surface area contributed by atoms with Crippen molar-refractivity contribution in [2.75, 3.05) is 0 Å². The summed E-state index contributed by atoms with van der Waals surface area (Å²) >= 11 is 0. The Morgan fingerprint density at radius 2 is 1.79 bits per heavy atom. The molecule has 5 fully saturated rings. The smallest absolute Gasteiger partial charge is 0.342 e. The van der Waals surface area contributed by atoms with Gasteiger partial charge in [0.25, 0.3) is 0 Å². The van der Waals surface area contributed by atoms with Crippen LogP contribution in [-0.4, -0.2) is 73.6 Å². The second-order valence-electron chi connectivity index (χ2n) is 13.1. The van der Waals surface area contributed by atoms with Crippen LogP contribution in [0.4, 0.5) is 0 Å². The van der Waals surface area contributed by atoms with Crippen LogP contribution >= 0.6 is 0 Å². The SMILES string of the molecule is C[C@@H]1C(=O)OC2C[C@@]1(C)C1C(=O)[C@@]3(O)O[C@@]14[C@@](O)(CCC1C3[C@H](O)C=C3C=CCC(=O)[C@@]31C)C(=O)O[C@@]24C. The van der Waals surface area contributed by atoms with Gasteiger partial charge in [0, 0.05) is 6.42 Å². The normalized spacial score (nSPS) is 58.1. The molecule has 7 aliphatic rings. The molecule has 4 saturated heterocycles. The number of carbonyl (C=O) groups is 4. The van der Waals surface area contributed by atoms with Gasteiger partial charge in [0.15, 0.2) is 22.6 Å². The van der Waals surface area contributed by atoms with Gasteiger partial charge < -0.3 is 29.5 Å². The molecule has 0 aromatic heterocycles. The lowest BCUT2D eigenvalue weighted by Gasteiger charge is -2.61. The quantitative estimate of drug-likeness (QED) is 0.379. The van der Waals surface area contributed by atoms with E-state index < -0.39 is 87.0 Å². The Labute approximate surface area is 219 Å². The number of ketones is 2. The Morgan fingerprint density at radius 3 is 2.50 bits per heavy atom. The van der Waals surface area contributed by atoms with Crippen LogP contribution in [0.5, 0.6) is 0 Å². The molecule has 0 aromatic rings. The van der Waals surface area contributed by atoms with Crippen LogP contribution in [0, 0.1) is 34.5 Å². The van der Waals surface area contributed by atoms with Crippen molar-refractivity contribution in [3.63, 3.8) is 0 Å². The second kappa shape index (κ2) is 6.66. The van der Waals surface area contributed by atoms with Crippen molar-refractivity contribution < 1.29 is 48.7 Å². The van der Waals surface area contributed by atoms with E-state index in [4.69, 9.17) is 14.2 Å². The number of aliphatic hydroxyl groups is 3. The van der Waals surface area contributed by atoms with Crippen LogP contribution in [-0.2, 0) is 33.4 Å². The van der Waals surface area contributed by atoms with E-state index in [9.17, 15) is 34.5 Å². The third-order valence-electron chi connectivity index (χ3n) is 11.8. The zero-order valence-corrected chi connectivity index (χ0v) is 21.7. The van der Waals surface area contributed by atoms with E-state index in [1.807, 2.05) is 0 Å². The highest BCUT2D eigenvalue weighted by Crippen LogP contribution is 2.73. The third-order valence-corrected chi connectivity index (χ3v) is 11.8. The van der Waals surface area contributed by atoms with Gasteiger partial charge in [-0.2, -0.15) is 0 Å². The predicted octanol–water partition coefficient (Wildman–Crippen LogP) is 0.510. The Hall–Kier alpha value is -2.40. The van der Waals surface area contributed by atoms with Gasteiger partial charge in [0.1, 0.15) is 11.9 Å². The highest BCUT2D eigenvalue weighted by atomic mass is 16.7. The summed E-state index contributed by atoms with van der Waals surface area (Å²) in [6.07, 6.45) is 2.64. The maximum atomic E-state index is 14.6. The molecule has 3 aliphatic carbocycles. The van der Waals surface area contributed by atoms with E-state index in [2.05, 4.69) is 0 Å². The van der Waals surface area contributed by atoms with E-state index in [0.717, 1.165) is 0 Å². The number of esters is 2. The zero-order valence-electron chi connectivity index (χ0n) is 21.7. The molecule has 4 unspecified atom stereocenters. The van der Waals surface area contributed by atoms with Crippen molar-refractivity contribution in [3.05, 3.63) is 23.8 Å². The fourth-order valence-corrected chi connectivity index (χ4v) is 9.48. The number of carbonyl (C=O) groups excluding carboxylic acids is 4. The summed E-state index contributed by atoms with van der Waals surface area (Å²) in [5, 5.41) is 36.1. The van der Waals surface area contributed by atoms with E-state index in [1.54, 1.807) is 32.9 Å². The lowest BCUT2D eigenvalue weighted by atomic mass is 9.46. The Morgan fingerprint density at radius 1 is 1.08 bits per heavy atom. The minimum Gasteiger partial charge on any atom is -0.458 e. The minimum atomic E-state index is -2.67. The molecule has 3 N–H and O–H groups in total. The van der Waals surface area contributed by atoms with Crippen LogP contribution in [0.3, 0.4) is 0 Å². The monoisotopic (exact) mass is 528 g/mol. The van der Waals surface area contributed by atoms with E-state index in [-0.39, 0.29) is 31.5 Å². The molecule has 10 heteroatoms. The Kier molecular flexibility index (Phi) is 4.31. The average molecular weight is 529 g/mol. The number of fused-ring (bicyclic) bond motifs is 9. The summed E-state index contributed by atoms with van der Waals surface area (Å²) in [6.45, 7) is 6.53. The number of hydrogen-bond donors (Lipinski definition) is 3. The molecule has 4 bridgehead atoms. The molecule has 12 atom stereocenters. The highest BCUT2D eigenvalue weighted by molar-refractivity contribution is 5.99. The molecule has 4 aliphatic heterocycles. The molecule has 1 saturated carbocycles. The number of aliphatic hydroxyl groups excluding tert-OH is 1. The number of Topliss-reactive ketones (excluding diaryl/α,β-unsaturated/α-hetero) is 2. The summed E-state index contributed by atoms with van der Waals surface area (Å²) in [4.78, 5) is 54.6. The summed E-state index contributed by atoms with van der Waals surface area (Å²) in [5.41, 5.74) is -8.02. The molecule has 0 radical (unpaired) electrons. The first-order valence-corrected chi connectivity index (χ1v) is 13.4. The largest absolute Gasteiger partial charge is 0.458 e. The molecule has 0 aromatic carbocycles. The van der Waals surface area contributed by atoms with Gasteiger partial charge in [-0.25, -0.2) is 4.79 Å². The molecular formula is C28H32O10. The number of ether oxygens (including phenoxy) is 3. The maximum absolute atomic E-state index is 14.6. The number of rotatable bonds is 0. The molecule has 38 heavy (non-hydrogen) atoms. The van der Waals surface area contributed by atoms with Crippen molar-refractivity contribution in [1.82, 2.24) is 0 Å². The van der Waals surface area contributed by atoms with Gasteiger partial charge >= 0.3 is 11.9 Å². The predicted molar refractivity (Wildman–Crippen MR) is 126 cm³/mol. The van der Waals surface area contributed by atoms with Crippen molar-refractivity contribution in [2.45, 2.75) is 88.2 Å². The molecule has 0 amide bonds. The summed E-state index contributed by atoms with van der Waals surface area (Å²) in [5.74, 6) is -9.49. The Balaban J connectivity index is 1.52. The van der Waals surface area contributed by atoms with Crippen LogP contribution in [0.2, 0.25) is 0 Å². The number of hydrogen-bond acceptors (Lipinski definition) is 10. The topological polar surface area (TPSA) is 157 Å². The van der Waals surface area contributed by atoms with Crippen LogP contribution in [0.25, 0.3) is 0 Å². The molecule has 1 spiro atoms. The van der Waals surface area contributed by atoms with Crippen molar-refractivity contribution in [3.8, 4) is 0 Å². The second-order valence-corrected chi connectivity index (χ2v) is 13.1. The lowest BCUT2D eigenvalue weighted by molar-refractivity contribution is -0.350. The van der Waals surface area contributed by atoms with Crippen molar-refractivity contribution >= 4 is 23.5 Å². The Bertz CT molecular complexity index is 1300. The van der Waals surface area contributed by atoms with Gasteiger partial charge in [-0.3, -0.25) is 14.4 Å². The molecule has 204 valence electrons. The van der Waals surface area contributed by atoms with Crippen LogP contribution < -0.4 is 0 Å². The number of allylic oxidation sites excluding steroid dienone is 3. The standard InChI is InChI=1S/C28H32O10/c1-12-21(32)36-17-11-23(12,2)19-20(31)27(35)18-14(24(3)13(10-15(18)29)6-5-7-16(24)30)8-9-26(34)22(33)37-25(17,4)28(19,26)38-27/h5-6,10,12,14-15,17-19,29,34-35H,7-9,11H2,1-4H3/t12-,14?,15-,17?,18?,19?,23-,24+,25+,26-,27+,28+/m1/s1. The first-order valence-electron chi connectivity index (χ1n) is 13.4. The van der Waals surface area contributed by atoms with Gasteiger partial charge in [-0.05, 0) is 50.0 Å². The van der Waals surface area contributed by atoms with Crippen molar-refractivity contribution in [1.29, 1.82) is 0 Å². The lowest BCUT2D eigenvalue weighted by Crippen LogP contribution is -2.78. The van der Waals surface area contributed by atoms with E-state index in [1.165, 1.54) is 13.0 Å². The molecule has 10 nitrogen and oxygen atoms in total. The molecule has 7 rings (SSSR count). The average Bonchev–Trinajstić information content (AvgIpc) is 3.19.